The van der Waals surface area contributed by atoms with Crippen LogP contribution in [-0.2, 0) is 4.74 Å². The van der Waals surface area contributed by atoms with Crippen molar-refractivity contribution in [2.24, 2.45) is 0 Å². The second-order valence-corrected chi connectivity index (χ2v) is 7.54. The van der Waals surface area contributed by atoms with Crippen LogP contribution in [0.4, 0.5) is 10.5 Å². The number of rotatable bonds is 8. The number of benzene rings is 3. The fourth-order valence-electron chi connectivity index (χ4n) is 3.84. The molecule has 1 unspecified atom stereocenters. The highest BCUT2D eigenvalue weighted by molar-refractivity contribution is 6.03. The number of methoxy groups -OCH3 is 1. The Morgan fingerprint density at radius 2 is 1.65 bits per heavy atom. The van der Waals surface area contributed by atoms with E-state index in [2.05, 4.69) is 10.6 Å². The first-order chi connectivity index (χ1) is 16.5. The molecule has 0 aliphatic carbocycles. The second-order valence-electron chi connectivity index (χ2n) is 7.54. The van der Waals surface area contributed by atoms with Crippen LogP contribution in [0.25, 0.3) is 11.3 Å². The summed E-state index contributed by atoms with van der Waals surface area (Å²) in [6.07, 6.45) is 0. The molecule has 0 bridgehead atoms. The predicted octanol–water partition coefficient (Wildman–Crippen LogP) is 4.25. The monoisotopic (exact) mass is 461 g/mol. The highest BCUT2D eigenvalue weighted by atomic mass is 16.6. The number of hydrogen-bond acceptors (Lipinski definition) is 6. The average Bonchev–Trinajstić information content (AvgIpc) is 2.85. The van der Waals surface area contributed by atoms with Crippen molar-refractivity contribution in [3.63, 3.8) is 0 Å². The minimum Gasteiger partial charge on any atom is -0.500 e. The molecule has 34 heavy (non-hydrogen) atoms. The van der Waals surface area contributed by atoms with Gasteiger partial charge in [-0.15, -0.1) is 0 Å². The lowest BCUT2D eigenvalue weighted by atomic mass is 9.87. The van der Waals surface area contributed by atoms with E-state index in [1.165, 1.54) is 19.2 Å². The number of amides is 2. The number of nitro benzene ring substituents is 1. The summed E-state index contributed by atoms with van der Waals surface area (Å²) >= 11 is 0. The van der Waals surface area contributed by atoms with Gasteiger partial charge < -0.3 is 25.2 Å². The van der Waals surface area contributed by atoms with Gasteiger partial charge in [-0.05, 0) is 22.8 Å². The van der Waals surface area contributed by atoms with Gasteiger partial charge in [0.2, 0.25) is 5.75 Å². The van der Waals surface area contributed by atoms with Gasteiger partial charge in [-0.1, -0.05) is 60.7 Å². The van der Waals surface area contributed by atoms with Gasteiger partial charge in [0.05, 0.1) is 23.3 Å². The maximum atomic E-state index is 12.7. The van der Waals surface area contributed by atoms with E-state index in [1.807, 2.05) is 60.7 Å². The van der Waals surface area contributed by atoms with Crippen LogP contribution in [0.1, 0.15) is 22.7 Å². The van der Waals surface area contributed by atoms with Crippen molar-refractivity contribution in [3.05, 3.63) is 99.6 Å². The molecule has 4 rings (SSSR count). The lowest BCUT2D eigenvalue weighted by Crippen LogP contribution is -2.43. The van der Waals surface area contributed by atoms with Crippen LogP contribution in [0.5, 0.6) is 11.5 Å². The fraction of sp³-hybridized carbons (Fsp3) is 0.160. The Bertz CT molecular complexity index is 1230. The smallest absolute Gasteiger partial charge is 0.320 e. The Balaban J connectivity index is 1.92. The van der Waals surface area contributed by atoms with Gasteiger partial charge in [-0.25, -0.2) is 4.79 Å². The van der Waals surface area contributed by atoms with E-state index in [0.717, 1.165) is 11.1 Å². The molecular formula is C25H23N3O6. The van der Waals surface area contributed by atoms with Crippen LogP contribution >= 0.6 is 0 Å². The summed E-state index contributed by atoms with van der Waals surface area (Å²) in [6, 6.07) is 20.3. The molecular weight excluding hydrogens is 438 g/mol. The number of urea groups is 1. The SMILES string of the molecule is COCCOc1cc(C2NC(=O)NC(c3ccccc3)=C2c2ccccc2)cc([N+](=O)[O-])c1O. The molecule has 1 aliphatic heterocycles. The third-order valence-corrected chi connectivity index (χ3v) is 5.37. The third-order valence-electron chi connectivity index (χ3n) is 5.37. The topological polar surface area (TPSA) is 123 Å². The molecule has 0 saturated heterocycles. The molecule has 0 spiro atoms. The van der Waals surface area contributed by atoms with E-state index in [-0.39, 0.29) is 19.0 Å². The first kappa shape index (κ1) is 22.8. The molecule has 3 aromatic carbocycles. The largest absolute Gasteiger partial charge is 0.500 e. The zero-order valence-electron chi connectivity index (χ0n) is 18.4. The average molecular weight is 461 g/mol. The molecule has 3 N–H and O–H groups in total. The van der Waals surface area contributed by atoms with Crippen LogP contribution in [0.15, 0.2) is 72.8 Å². The molecule has 9 nitrogen and oxygen atoms in total. The van der Waals surface area contributed by atoms with E-state index in [4.69, 9.17) is 9.47 Å². The molecule has 1 heterocycles. The molecule has 3 aromatic rings. The zero-order valence-corrected chi connectivity index (χ0v) is 18.4. The van der Waals surface area contributed by atoms with Crippen molar-refractivity contribution in [1.29, 1.82) is 0 Å². The zero-order chi connectivity index (χ0) is 24.1. The molecule has 0 saturated carbocycles. The number of phenolic OH excluding ortho intramolecular Hbond substituents is 1. The Labute approximate surface area is 195 Å². The predicted molar refractivity (Wildman–Crippen MR) is 126 cm³/mol. The number of carbonyl (C=O) groups excluding carboxylic acids is 1. The quantitative estimate of drug-likeness (QED) is 0.262. The Hall–Kier alpha value is -4.37. The molecule has 0 fully saturated rings. The molecule has 0 radical (unpaired) electrons. The number of aromatic hydroxyl groups is 1. The number of nitrogens with one attached hydrogen (secondary N) is 2. The van der Waals surface area contributed by atoms with Gasteiger partial charge in [0.25, 0.3) is 0 Å². The lowest BCUT2D eigenvalue weighted by molar-refractivity contribution is -0.386. The minimum absolute atomic E-state index is 0.0669. The van der Waals surface area contributed by atoms with E-state index in [1.54, 1.807) is 0 Å². The first-order valence-corrected chi connectivity index (χ1v) is 10.5. The first-order valence-electron chi connectivity index (χ1n) is 10.5. The number of hydrogen-bond donors (Lipinski definition) is 3. The van der Waals surface area contributed by atoms with Crippen LogP contribution in [0.3, 0.4) is 0 Å². The standard InChI is InChI=1S/C25H23N3O6/c1-33-12-13-34-20-15-18(14-19(24(20)29)28(31)32)23-21(16-8-4-2-5-9-16)22(26-25(30)27-23)17-10-6-3-7-11-17/h2-11,14-15,23,29H,12-13H2,1H3,(H2,26,27,30). The van der Waals surface area contributed by atoms with Crippen LogP contribution in [-0.4, -0.2) is 36.4 Å². The van der Waals surface area contributed by atoms with Gasteiger partial charge in [-0.3, -0.25) is 10.1 Å². The highest BCUT2D eigenvalue weighted by Gasteiger charge is 2.32. The summed E-state index contributed by atoms with van der Waals surface area (Å²) in [5.74, 6) is -0.652. The Morgan fingerprint density at radius 3 is 2.26 bits per heavy atom. The summed E-state index contributed by atoms with van der Waals surface area (Å²) in [7, 11) is 1.49. The number of nitrogens with zero attached hydrogens (tertiary/aromatic N) is 1. The third kappa shape index (κ3) is 4.69. The normalized spacial score (nSPS) is 15.4. The number of nitro groups is 1. The minimum atomic E-state index is -0.754. The number of ether oxygens (including phenoxy) is 2. The lowest BCUT2D eigenvalue weighted by Gasteiger charge is -2.31. The van der Waals surface area contributed by atoms with Gasteiger partial charge in [0.1, 0.15) is 6.61 Å². The maximum absolute atomic E-state index is 12.7. The van der Waals surface area contributed by atoms with Crippen LogP contribution in [0.2, 0.25) is 0 Å². The Morgan fingerprint density at radius 1 is 1.00 bits per heavy atom. The van der Waals surface area contributed by atoms with Crippen molar-refractivity contribution in [2.75, 3.05) is 20.3 Å². The van der Waals surface area contributed by atoms with E-state index in [9.17, 15) is 20.0 Å². The van der Waals surface area contributed by atoms with E-state index in [0.29, 0.717) is 16.8 Å². The molecule has 2 amide bonds. The molecule has 9 heteroatoms. The van der Waals surface area contributed by atoms with Crippen molar-refractivity contribution in [3.8, 4) is 11.5 Å². The van der Waals surface area contributed by atoms with Gasteiger partial charge in [-0.2, -0.15) is 0 Å². The van der Waals surface area contributed by atoms with Crippen LogP contribution < -0.4 is 15.4 Å². The second kappa shape index (κ2) is 10.1. The van der Waals surface area contributed by atoms with Crippen molar-refractivity contribution < 1.29 is 24.3 Å². The number of phenols is 1. The highest BCUT2D eigenvalue weighted by Crippen LogP contribution is 2.43. The Kier molecular flexibility index (Phi) is 6.74. The van der Waals surface area contributed by atoms with Gasteiger partial charge >= 0.3 is 11.7 Å². The van der Waals surface area contributed by atoms with E-state index < -0.39 is 28.4 Å². The molecule has 1 atom stereocenters. The van der Waals surface area contributed by atoms with E-state index >= 15 is 0 Å². The summed E-state index contributed by atoms with van der Waals surface area (Å²) < 4.78 is 10.5. The fourth-order valence-corrected chi connectivity index (χ4v) is 3.84. The summed E-state index contributed by atoms with van der Waals surface area (Å²) in [5.41, 5.74) is 2.76. The van der Waals surface area contributed by atoms with Crippen molar-refractivity contribution in [2.45, 2.75) is 6.04 Å². The number of carbonyl (C=O) groups is 1. The van der Waals surface area contributed by atoms with Gasteiger partial charge in [0, 0.05) is 18.7 Å². The maximum Gasteiger partial charge on any atom is 0.320 e. The summed E-state index contributed by atoms with van der Waals surface area (Å²) in [4.78, 5) is 23.7. The van der Waals surface area contributed by atoms with Crippen LogP contribution in [0, 0.1) is 10.1 Å². The molecule has 174 valence electrons. The summed E-state index contributed by atoms with van der Waals surface area (Å²) in [6.45, 7) is 0.314. The van der Waals surface area contributed by atoms with Crippen molar-refractivity contribution >= 4 is 23.0 Å². The summed E-state index contributed by atoms with van der Waals surface area (Å²) in [5, 5.41) is 27.9. The van der Waals surface area contributed by atoms with Crippen molar-refractivity contribution in [1.82, 2.24) is 10.6 Å². The molecule has 0 aromatic heterocycles. The molecule has 1 aliphatic rings. The van der Waals surface area contributed by atoms with Gasteiger partial charge in [0.15, 0.2) is 5.75 Å².